The summed E-state index contributed by atoms with van der Waals surface area (Å²) in [7, 11) is 0. The summed E-state index contributed by atoms with van der Waals surface area (Å²) in [5, 5.41) is 20.4. The number of aliphatic hydroxyl groups excluding tert-OH is 1. The predicted octanol–water partition coefficient (Wildman–Crippen LogP) is 4.51. The molecule has 4 rings (SSSR count). The Bertz CT molecular complexity index is 1000. The average molecular weight is 421 g/mol. The number of nitrogens with zero attached hydrogens (tertiary/aromatic N) is 2. The first-order valence-electron chi connectivity index (χ1n) is 10.8. The van der Waals surface area contributed by atoms with Gasteiger partial charge in [0.15, 0.2) is 11.5 Å². The number of amides is 1. The van der Waals surface area contributed by atoms with Gasteiger partial charge in [0.25, 0.3) is 5.91 Å². The first-order chi connectivity index (χ1) is 14.9. The van der Waals surface area contributed by atoms with Crippen LogP contribution in [0, 0.1) is 5.92 Å². The van der Waals surface area contributed by atoms with Gasteiger partial charge in [-0.3, -0.25) is 14.5 Å². The lowest BCUT2D eigenvalue weighted by Crippen LogP contribution is -2.31. The molecule has 0 aliphatic carbocycles. The van der Waals surface area contributed by atoms with Gasteiger partial charge in [-0.1, -0.05) is 26.0 Å². The monoisotopic (exact) mass is 420 g/mol. The number of phenolic OH excluding ortho intramolecular Hbond substituents is 1. The Morgan fingerprint density at radius 3 is 2.13 bits per heavy atom. The maximum Gasteiger partial charge on any atom is 0.294 e. The third kappa shape index (κ3) is 4.02. The highest BCUT2D eigenvalue weighted by Gasteiger charge is 2.44. The Hall–Kier alpha value is -3.28. The van der Waals surface area contributed by atoms with E-state index in [2.05, 4.69) is 4.90 Å². The molecule has 1 atom stereocenters. The second-order valence-corrected chi connectivity index (χ2v) is 8.66. The third-order valence-corrected chi connectivity index (χ3v) is 5.91. The van der Waals surface area contributed by atoms with Crippen molar-refractivity contribution >= 4 is 23.1 Å². The van der Waals surface area contributed by atoms with E-state index in [1.54, 1.807) is 12.1 Å². The molecule has 1 unspecified atom stereocenters. The highest BCUT2D eigenvalue weighted by Crippen LogP contribution is 2.42. The van der Waals surface area contributed by atoms with Crippen LogP contribution in [-0.2, 0) is 9.59 Å². The van der Waals surface area contributed by atoms with E-state index in [0.717, 1.165) is 18.8 Å². The van der Waals surface area contributed by atoms with E-state index >= 15 is 0 Å². The molecule has 0 spiro atoms. The lowest BCUT2D eigenvalue weighted by atomic mass is 9.92. The molecule has 1 amide bonds. The first kappa shape index (κ1) is 21.0. The number of carbonyl (C=O) groups excluding carboxylic acids is 2. The molecule has 6 nitrogen and oxygen atoms in total. The smallest absolute Gasteiger partial charge is 0.294 e. The molecule has 2 aliphatic heterocycles. The highest BCUT2D eigenvalue weighted by atomic mass is 16.3. The van der Waals surface area contributed by atoms with E-state index in [4.69, 9.17) is 0 Å². The Morgan fingerprint density at radius 2 is 1.55 bits per heavy atom. The van der Waals surface area contributed by atoms with Crippen LogP contribution in [0.2, 0.25) is 0 Å². The summed E-state index contributed by atoms with van der Waals surface area (Å²) < 4.78 is 0. The van der Waals surface area contributed by atoms with E-state index in [1.807, 2.05) is 38.1 Å². The minimum atomic E-state index is -0.739. The summed E-state index contributed by atoms with van der Waals surface area (Å²) in [6.07, 6.45) is 2.59. The Kier molecular flexibility index (Phi) is 5.72. The molecule has 2 heterocycles. The molecule has 0 aromatic heterocycles. The van der Waals surface area contributed by atoms with Crippen molar-refractivity contribution in [2.24, 2.45) is 5.92 Å². The average Bonchev–Trinajstić information content (AvgIpc) is 3.36. The number of hydrogen-bond acceptors (Lipinski definition) is 5. The van der Waals surface area contributed by atoms with Crippen LogP contribution < -0.4 is 9.80 Å². The van der Waals surface area contributed by atoms with E-state index in [9.17, 15) is 19.8 Å². The largest absolute Gasteiger partial charge is 0.508 e. The van der Waals surface area contributed by atoms with Gasteiger partial charge in [-0.25, -0.2) is 0 Å². The lowest BCUT2D eigenvalue weighted by Gasteiger charge is -2.28. The molecule has 162 valence electrons. The van der Waals surface area contributed by atoms with E-state index < -0.39 is 17.7 Å². The standard InChI is InChI=1S/C25H28N2O4/c1-16(2)15-21(29)22-23(17-5-11-20(28)12-6-17)27(25(31)24(22)30)19-9-7-18(8-10-19)26-13-3-4-14-26/h5-12,16,23,28,30H,3-4,13-15H2,1-2H3. The first-order valence-corrected chi connectivity index (χ1v) is 10.8. The van der Waals surface area contributed by atoms with Gasteiger partial charge in [-0.2, -0.15) is 0 Å². The topological polar surface area (TPSA) is 81.1 Å². The predicted molar refractivity (Wildman–Crippen MR) is 120 cm³/mol. The summed E-state index contributed by atoms with van der Waals surface area (Å²) >= 11 is 0. The van der Waals surface area contributed by atoms with Crippen LogP contribution in [0.3, 0.4) is 0 Å². The van der Waals surface area contributed by atoms with Crippen LogP contribution in [-0.4, -0.2) is 35.0 Å². The number of carbonyl (C=O) groups is 2. The minimum absolute atomic E-state index is 0.0946. The number of aromatic hydroxyl groups is 1. The molecule has 0 radical (unpaired) electrons. The van der Waals surface area contributed by atoms with Gasteiger partial charge in [-0.15, -0.1) is 0 Å². The zero-order valence-corrected chi connectivity index (χ0v) is 17.9. The fraction of sp³-hybridized carbons (Fsp3) is 0.360. The van der Waals surface area contributed by atoms with Crippen molar-refractivity contribution in [3.05, 3.63) is 65.4 Å². The molecule has 2 aromatic carbocycles. The van der Waals surface area contributed by atoms with Crippen LogP contribution in [0.25, 0.3) is 0 Å². The van der Waals surface area contributed by atoms with E-state index in [1.165, 1.54) is 29.9 Å². The third-order valence-electron chi connectivity index (χ3n) is 5.91. The van der Waals surface area contributed by atoms with Crippen molar-refractivity contribution in [1.82, 2.24) is 0 Å². The fourth-order valence-electron chi connectivity index (χ4n) is 4.41. The summed E-state index contributed by atoms with van der Waals surface area (Å²) in [5.74, 6) is -1.13. The number of Topliss-reactive ketones (excluding diaryl/α,β-unsaturated/α-hetero) is 1. The number of phenols is 1. The van der Waals surface area contributed by atoms with Crippen molar-refractivity contribution in [2.75, 3.05) is 22.9 Å². The number of anilines is 2. The minimum Gasteiger partial charge on any atom is -0.508 e. The maximum absolute atomic E-state index is 13.1. The Labute approximate surface area is 182 Å². The van der Waals surface area contributed by atoms with E-state index in [0.29, 0.717) is 11.3 Å². The molecule has 6 heteroatoms. The molecule has 1 fully saturated rings. The van der Waals surface area contributed by atoms with Gasteiger partial charge < -0.3 is 15.1 Å². The van der Waals surface area contributed by atoms with Crippen molar-refractivity contribution in [3.63, 3.8) is 0 Å². The van der Waals surface area contributed by atoms with Crippen LogP contribution in [0.15, 0.2) is 59.9 Å². The number of rotatable bonds is 6. The molecule has 2 aliphatic rings. The van der Waals surface area contributed by atoms with Crippen LogP contribution in [0.5, 0.6) is 5.75 Å². The molecular formula is C25H28N2O4. The molecule has 2 N–H and O–H groups in total. The molecular weight excluding hydrogens is 392 g/mol. The zero-order chi connectivity index (χ0) is 22.1. The Balaban J connectivity index is 1.74. The molecule has 0 bridgehead atoms. The van der Waals surface area contributed by atoms with Gasteiger partial charge in [0.1, 0.15) is 5.75 Å². The zero-order valence-electron chi connectivity index (χ0n) is 17.9. The quantitative estimate of drug-likeness (QED) is 0.719. The van der Waals surface area contributed by atoms with Crippen molar-refractivity contribution in [3.8, 4) is 5.75 Å². The van der Waals surface area contributed by atoms with Gasteiger partial charge in [0.2, 0.25) is 0 Å². The normalized spacial score (nSPS) is 19.1. The number of ketones is 1. The summed E-state index contributed by atoms with van der Waals surface area (Å²) in [6.45, 7) is 5.90. The highest BCUT2D eigenvalue weighted by molar-refractivity contribution is 6.16. The van der Waals surface area contributed by atoms with Crippen LogP contribution in [0.1, 0.15) is 44.7 Å². The molecule has 2 aromatic rings. The lowest BCUT2D eigenvalue weighted by molar-refractivity contribution is -0.118. The molecule has 0 saturated carbocycles. The van der Waals surface area contributed by atoms with Crippen molar-refractivity contribution in [2.45, 2.75) is 39.2 Å². The second kappa shape index (κ2) is 8.46. The van der Waals surface area contributed by atoms with Gasteiger partial charge in [0, 0.05) is 30.9 Å². The number of benzene rings is 2. The van der Waals surface area contributed by atoms with Crippen molar-refractivity contribution < 1.29 is 19.8 Å². The maximum atomic E-state index is 13.1. The Morgan fingerprint density at radius 1 is 0.968 bits per heavy atom. The molecule has 31 heavy (non-hydrogen) atoms. The number of aliphatic hydroxyl groups is 1. The summed E-state index contributed by atoms with van der Waals surface area (Å²) in [6, 6.07) is 13.4. The summed E-state index contributed by atoms with van der Waals surface area (Å²) in [4.78, 5) is 29.9. The van der Waals surface area contributed by atoms with Crippen molar-refractivity contribution in [1.29, 1.82) is 0 Å². The van der Waals surface area contributed by atoms with Gasteiger partial charge in [0.05, 0.1) is 11.6 Å². The van der Waals surface area contributed by atoms with Gasteiger partial charge >= 0.3 is 0 Å². The SMILES string of the molecule is CC(C)CC(=O)C1=C(O)C(=O)N(c2ccc(N3CCCC3)cc2)C1c1ccc(O)cc1. The van der Waals surface area contributed by atoms with Gasteiger partial charge in [-0.05, 0) is 60.7 Å². The number of hydrogen-bond donors (Lipinski definition) is 2. The fourth-order valence-corrected chi connectivity index (χ4v) is 4.41. The van der Waals surface area contributed by atoms with Crippen LogP contribution in [0.4, 0.5) is 11.4 Å². The van der Waals surface area contributed by atoms with Crippen LogP contribution >= 0.6 is 0 Å². The summed E-state index contributed by atoms with van der Waals surface area (Å²) in [5.41, 5.74) is 2.49. The molecule has 1 saturated heterocycles. The van der Waals surface area contributed by atoms with E-state index in [-0.39, 0.29) is 29.4 Å². The second-order valence-electron chi connectivity index (χ2n) is 8.66.